The zero-order valence-corrected chi connectivity index (χ0v) is 15.6. The van der Waals surface area contributed by atoms with E-state index in [0.717, 1.165) is 33.8 Å². The van der Waals surface area contributed by atoms with Gasteiger partial charge in [0.05, 0.1) is 21.3 Å². The summed E-state index contributed by atoms with van der Waals surface area (Å²) in [6.07, 6.45) is 1.88. The lowest BCUT2D eigenvalue weighted by molar-refractivity contribution is -0.0812. The van der Waals surface area contributed by atoms with Crippen LogP contribution in [-0.4, -0.2) is 32.0 Å². The number of nitrogens with zero attached hydrogens (tertiary/aromatic N) is 2. The van der Waals surface area contributed by atoms with Crippen molar-refractivity contribution in [2.45, 2.75) is 6.04 Å². The first kappa shape index (κ1) is 17.5. The lowest BCUT2D eigenvalue weighted by Gasteiger charge is -2.35. The van der Waals surface area contributed by atoms with Gasteiger partial charge in [0.2, 0.25) is 0 Å². The van der Waals surface area contributed by atoms with Gasteiger partial charge in [0.15, 0.2) is 0 Å². The summed E-state index contributed by atoms with van der Waals surface area (Å²) in [7, 11) is 7.58. The summed E-state index contributed by atoms with van der Waals surface area (Å²) >= 11 is 0. The SMILES string of the molecule is COc1ccc(C2=CN=C(P)N(OC)C2c2ccc(OC)cc2)cc1. The van der Waals surface area contributed by atoms with E-state index in [-0.39, 0.29) is 6.04 Å². The molecule has 2 aromatic rings. The van der Waals surface area contributed by atoms with Crippen molar-refractivity contribution in [3.8, 4) is 11.5 Å². The van der Waals surface area contributed by atoms with Gasteiger partial charge in [-0.3, -0.25) is 4.84 Å². The second kappa shape index (κ2) is 7.68. The quantitative estimate of drug-likeness (QED) is 0.763. The zero-order chi connectivity index (χ0) is 17.8. The molecular formula is C19H21N2O3P. The fraction of sp³-hybridized carbons (Fsp3) is 0.211. The van der Waals surface area contributed by atoms with E-state index >= 15 is 0 Å². The molecule has 0 saturated heterocycles. The number of hydroxylamine groups is 2. The van der Waals surface area contributed by atoms with Gasteiger partial charge in [-0.15, -0.1) is 0 Å². The van der Waals surface area contributed by atoms with Gasteiger partial charge in [-0.1, -0.05) is 33.5 Å². The third kappa shape index (κ3) is 3.53. The smallest absolute Gasteiger partial charge is 0.145 e. The molecule has 0 bridgehead atoms. The van der Waals surface area contributed by atoms with Crippen molar-refractivity contribution in [3.05, 3.63) is 65.9 Å². The molecular weight excluding hydrogens is 335 g/mol. The maximum Gasteiger partial charge on any atom is 0.145 e. The van der Waals surface area contributed by atoms with Crippen LogP contribution in [0.4, 0.5) is 0 Å². The molecule has 1 heterocycles. The van der Waals surface area contributed by atoms with Crippen molar-refractivity contribution in [1.82, 2.24) is 5.06 Å². The second-order valence-electron chi connectivity index (χ2n) is 5.48. The van der Waals surface area contributed by atoms with E-state index in [1.54, 1.807) is 26.4 Å². The summed E-state index contributed by atoms with van der Waals surface area (Å²) in [5.74, 6) is 1.64. The molecule has 0 aliphatic carbocycles. The Bertz CT molecular complexity index is 785. The second-order valence-corrected chi connectivity index (χ2v) is 6.00. The minimum atomic E-state index is -0.116. The molecule has 0 aromatic heterocycles. The minimum absolute atomic E-state index is 0.116. The Balaban J connectivity index is 2.05. The predicted molar refractivity (Wildman–Crippen MR) is 103 cm³/mol. The fourth-order valence-electron chi connectivity index (χ4n) is 2.84. The first-order valence-corrected chi connectivity index (χ1v) is 8.40. The van der Waals surface area contributed by atoms with Crippen LogP contribution in [0.5, 0.6) is 11.5 Å². The number of aliphatic imine (C=N–C) groups is 1. The van der Waals surface area contributed by atoms with E-state index in [4.69, 9.17) is 14.3 Å². The highest BCUT2D eigenvalue weighted by Gasteiger charge is 2.30. The summed E-state index contributed by atoms with van der Waals surface area (Å²) < 4.78 is 10.5. The molecule has 0 N–H and O–H groups in total. The third-order valence-corrected chi connectivity index (χ3v) is 4.55. The number of hydrogen-bond acceptors (Lipinski definition) is 5. The average molecular weight is 356 g/mol. The Morgan fingerprint density at radius 3 is 1.96 bits per heavy atom. The molecule has 2 unspecified atom stereocenters. The number of benzene rings is 2. The van der Waals surface area contributed by atoms with Gasteiger partial charge in [-0.25, -0.2) is 10.1 Å². The third-order valence-electron chi connectivity index (χ3n) is 4.14. The summed E-state index contributed by atoms with van der Waals surface area (Å²) in [6.45, 7) is 0. The van der Waals surface area contributed by atoms with Crippen LogP contribution in [0.2, 0.25) is 0 Å². The van der Waals surface area contributed by atoms with Gasteiger partial charge >= 0.3 is 0 Å². The number of amidine groups is 1. The molecule has 0 fully saturated rings. The predicted octanol–water partition coefficient (Wildman–Crippen LogP) is 3.89. The minimum Gasteiger partial charge on any atom is -0.497 e. The molecule has 0 saturated carbocycles. The van der Waals surface area contributed by atoms with Gasteiger partial charge in [-0.05, 0) is 35.4 Å². The maximum atomic E-state index is 5.61. The fourth-order valence-corrected chi connectivity index (χ4v) is 3.17. The molecule has 130 valence electrons. The summed E-state index contributed by atoms with van der Waals surface area (Å²) in [6, 6.07) is 15.8. The largest absolute Gasteiger partial charge is 0.497 e. The first-order valence-electron chi connectivity index (χ1n) is 7.83. The summed E-state index contributed by atoms with van der Waals surface area (Å²) in [4.78, 5) is 10.1. The van der Waals surface area contributed by atoms with Crippen molar-refractivity contribution in [3.63, 3.8) is 0 Å². The Kier molecular flexibility index (Phi) is 5.37. The molecule has 1 aliphatic rings. The van der Waals surface area contributed by atoms with Crippen molar-refractivity contribution in [2.24, 2.45) is 4.99 Å². The number of methoxy groups -OCH3 is 2. The van der Waals surface area contributed by atoms with E-state index in [2.05, 4.69) is 14.2 Å². The van der Waals surface area contributed by atoms with Crippen LogP contribution in [-0.2, 0) is 4.84 Å². The van der Waals surface area contributed by atoms with Crippen LogP contribution >= 0.6 is 9.24 Å². The van der Waals surface area contributed by atoms with Gasteiger partial charge in [-0.2, -0.15) is 0 Å². The highest BCUT2D eigenvalue weighted by molar-refractivity contribution is 7.40. The van der Waals surface area contributed by atoms with Gasteiger partial charge < -0.3 is 9.47 Å². The van der Waals surface area contributed by atoms with Crippen molar-refractivity contribution >= 4 is 20.4 Å². The van der Waals surface area contributed by atoms with Gasteiger partial charge in [0, 0.05) is 11.8 Å². The van der Waals surface area contributed by atoms with E-state index in [9.17, 15) is 0 Å². The van der Waals surface area contributed by atoms with Crippen LogP contribution in [0, 0.1) is 0 Å². The molecule has 3 rings (SSSR count). The molecule has 25 heavy (non-hydrogen) atoms. The molecule has 2 aromatic carbocycles. The highest BCUT2D eigenvalue weighted by atomic mass is 31.0. The Morgan fingerprint density at radius 2 is 1.44 bits per heavy atom. The maximum absolute atomic E-state index is 5.61. The van der Waals surface area contributed by atoms with E-state index in [0.29, 0.717) is 0 Å². The number of rotatable bonds is 5. The van der Waals surface area contributed by atoms with E-state index in [1.807, 2.05) is 54.7 Å². The Hall–Kier alpha value is -2.36. The normalized spacial score (nSPS) is 17.0. The van der Waals surface area contributed by atoms with Gasteiger partial charge in [0.1, 0.15) is 23.1 Å². The van der Waals surface area contributed by atoms with Crippen LogP contribution in [0.3, 0.4) is 0 Å². The lowest BCUT2D eigenvalue weighted by Crippen LogP contribution is -2.33. The van der Waals surface area contributed by atoms with Crippen molar-refractivity contribution in [2.75, 3.05) is 21.3 Å². The molecule has 0 spiro atoms. The molecule has 2 atom stereocenters. The van der Waals surface area contributed by atoms with Crippen LogP contribution in [0.25, 0.3) is 5.57 Å². The lowest BCUT2D eigenvalue weighted by atomic mass is 9.92. The average Bonchev–Trinajstić information content (AvgIpc) is 2.68. The van der Waals surface area contributed by atoms with Crippen molar-refractivity contribution < 1.29 is 14.3 Å². The molecule has 0 amide bonds. The first-order chi connectivity index (χ1) is 12.2. The Labute approximate surface area is 150 Å². The number of ether oxygens (including phenoxy) is 2. The molecule has 6 heteroatoms. The standard InChI is InChI=1S/C19H21N2O3P/c1-22-15-8-4-13(5-9-15)17-12-20-19(25)21(24-3)18(17)14-6-10-16(23-2)11-7-14/h4-12,18H,25H2,1-3H3. The highest BCUT2D eigenvalue weighted by Crippen LogP contribution is 2.39. The van der Waals surface area contributed by atoms with Crippen LogP contribution in [0.1, 0.15) is 17.2 Å². The van der Waals surface area contributed by atoms with Crippen molar-refractivity contribution in [1.29, 1.82) is 0 Å². The van der Waals surface area contributed by atoms with Crippen LogP contribution in [0.15, 0.2) is 59.7 Å². The zero-order valence-electron chi connectivity index (χ0n) is 14.5. The summed E-state index contributed by atoms with van der Waals surface area (Å²) in [5.41, 5.74) is 3.91. The Morgan fingerprint density at radius 1 is 0.880 bits per heavy atom. The molecule has 0 radical (unpaired) electrons. The topological polar surface area (TPSA) is 43.3 Å². The van der Waals surface area contributed by atoms with E-state index < -0.39 is 0 Å². The summed E-state index contributed by atoms with van der Waals surface area (Å²) in [5, 5.41) is 1.78. The van der Waals surface area contributed by atoms with Crippen LogP contribution < -0.4 is 9.47 Å². The molecule has 5 nitrogen and oxygen atoms in total. The van der Waals surface area contributed by atoms with E-state index in [1.165, 1.54) is 0 Å². The monoisotopic (exact) mass is 356 g/mol. The molecule has 1 aliphatic heterocycles. The van der Waals surface area contributed by atoms with Gasteiger partial charge in [0.25, 0.3) is 0 Å². The number of hydrogen-bond donors (Lipinski definition) is 0.